The Bertz CT molecular complexity index is 593. The zero-order chi connectivity index (χ0) is 15.2. The molecule has 0 saturated carbocycles. The predicted octanol–water partition coefficient (Wildman–Crippen LogP) is 2.62. The third kappa shape index (κ3) is 3.29. The molecule has 2 rings (SSSR count). The molecule has 0 aliphatic rings. The van der Waals surface area contributed by atoms with Crippen LogP contribution in [0.15, 0.2) is 12.1 Å². The fourth-order valence-electron chi connectivity index (χ4n) is 2.50. The van der Waals surface area contributed by atoms with Gasteiger partial charge in [-0.15, -0.1) is 0 Å². The summed E-state index contributed by atoms with van der Waals surface area (Å²) in [5.74, 6) is 2.59. The maximum atomic E-state index is 5.42. The van der Waals surface area contributed by atoms with Crippen LogP contribution in [0.5, 0.6) is 11.5 Å². The number of hydrogen-bond donors (Lipinski definition) is 1. The molecule has 5 heteroatoms. The molecule has 0 spiro atoms. The maximum absolute atomic E-state index is 5.42. The van der Waals surface area contributed by atoms with Crippen LogP contribution in [0.4, 0.5) is 0 Å². The van der Waals surface area contributed by atoms with Gasteiger partial charge in [0.1, 0.15) is 5.82 Å². The standard InChI is InChI=1S/C16H25N3O2/c1-5-6-9-19-13-11-15(21-4)14(20-3)10-12(13)18-16(19)7-8-17-2/h10-11,17H,5-9H2,1-4H3. The van der Waals surface area contributed by atoms with Crippen LogP contribution in [0, 0.1) is 0 Å². The molecule has 0 fully saturated rings. The minimum absolute atomic E-state index is 0.727. The number of methoxy groups -OCH3 is 2. The molecule has 21 heavy (non-hydrogen) atoms. The second-order valence-electron chi connectivity index (χ2n) is 5.08. The first-order valence-corrected chi connectivity index (χ1v) is 7.50. The van der Waals surface area contributed by atoms with E-state index in [-0.39, 0.29) is 0 Å². The molecule has 0 amide bonds. The predicted molar refractivity (Wildman–Crippen MR) is 85.4 cm³/mol. The Morgan fingerprint density at radius 3 is 2.52 bits per heavy atom. The normalized spacial score (nSPS) is 11.0. The number of rotatable bonds is 8. The van der Waals surface area contributed by atoms with Crippen LogP contribution in [-0.4, -0.2) is 37.4 Å². The number of aromatic nitrogens is 2. The number of unbranched alkanes of at least 4 members (excludes halogenated alkanes) is 1. The van der Waals surface area contributed by atoms with Crippen LogP contribution >= 0.6 is 0 Å². The van der Waals surface area contributed by atoms with Gasteiger partial charge in [0.2, 0.25) is 0 Å². The second kappa shape index (κ2) is 7.31. The monoisotopic (exact) mass is 291 g/mol. The topological polar surface area (TPSA) is 48.3 Å². The van der Waals surface area contributed by atoms with Gasteiger partial charge in [0, 0.05) is 31.6 Å². The van der Waals surface area contributed by atoms with Crippen molar-refractivity contribution < 1.29 is 9.47 Å². The van der Waals surface area contributed by atoms with Gasteiger partial charge in [-0.1, -0.05) is 13.3 Å². The number of likely N-dealkylation sites (N-methyl/N-ethyl adjacent to an activating group) is 1. The zero-order valence-corrected chi connectivity index (χ0v) is 13.4. The Balaban J connectivity index is 2.50. The van der Waals surface area contributed by atoms with Gasteiger partial charge in [-0.3, -0.25) is 0 Å². The van der Waals surface area contributed by atoms with E-state index in [2.05, 4.69) is 16.8 Å². The highest BCUT2D eigenvalue weighted by Crippen LogP contribution is 2.32. The van der Waals surface area contributed by atoms with Crippen LogP contribution in [0.3, 0.4) is 0 Å². The van der Waals surface area contributed by atoms with Crippen LogP contribution in [0.2, 0.25) is 0 Å². The highest BCUT2D eigenvalue weighted by atomic mass is 16.5. The molecule has 0 saturated heterocycles. The summed E-state index contributed by atoms with van der Waals surface area (Å²) in [6.45, 7) is 4.11. The summed E-state index contributed by atoms with van der Waals surface area (Å²) < 4.78 is 13.1. The van der Waals surface area contributed by atoms with Gasteiger partial charge in [-0.25, -0.2) is 4.98 Å². The number of benzene rings is 1. The molecule has 0 atom stereocenters. The number of aryl methyl sites for hydroxylation is 1. The lowest BCUT2D eigenvalue weighted by Gasteiger charge is -2.10. The third-order valence-electron chi connectivity index (χ3n) is 3.67. The van der Waals surface area contributed by atoms with Crippen LogP contribution in [-0.2, 0) is 13.0 Å². The zero-order valence-electron chi connectivity index (χ0n) is 13.4. The number of hydrogen-bond acceptors (Lipinski definition) is 4. The SMILES string of the molecule is CCCCn1c(CCNC)nc2cc(OC)c(OC)cc21. The van der Waals surface area contributed by atoms with Crippen molar-refractivity contribution in [3.63, 3.8) is 0 Å². The van der Waals surface area contributed by atoms with Crippen LogP contribution in [0.1, 0.15) is 25.6 Å². The Hall–Kier alpha value is -1.75. The van der Waals surface area contributed by atoms with Crippen molar-refractivity contribution in [3.05, 3.63) is 18.0 Å². The van der Waals surface area contributed by atoms with E-state index < -0.39 is 0 Å². The second-order valence-corrected chi connectivity index (χ2v) is 5.08. The van der Waals surface area contributed by atoms with Crippen molar-refractivity contribution in [2.45, 2.75) is 32.7 Å². The van der Waals surface area contributed by atoms with Gasteiger partial charge >= 0.3 is 0 Å². The summed E-state index contributed by atoms with van der Waals surface area (Å²) in [7, 11) is 5.28. The van der Waals surface area contributed by atoms with E-state index in [1.54, 1.807) is 14.2 Å². The van der Waals surface area contributed by atoms with Crippen molar-refractivity contribution in [1.82, 2.24) is 14.9 Å². The van der Waals surface area contributed by atoms with E-state index in [4.69, 9.17) is 14.5 Å². The molecule has 1 heterocycles. The fourth-order valence-corrected chi connectivity index (χ4v) is 2.50. The quantitative estimate of drug-likeness (QED) is 0.812. The van der Waals surface area contributed by atoms with Gasteiger partial charge in [-0.05, 0) is 13.5 Å². The van der Waals surface area contributed by atoms with Crippen molar-refractivity contribution in [1.29, 1.82) is 0 Å². The first kappa shape index (κ1) is 15.6. The van der Waals surface area contributed by atoms with E-state index in [1.165, 1.54) is 6.42 Å². The Kier molecular flexibility index (Phi) is 5.44. The molecular weight excluding hydrogens is 266 g/mol. The van der Waals surface area contributed by atoms with Crippen molar-refractivity contribution >= 4 is 11.0 Å². The smallest absolute Gasteiger partial charge is 0.163 e. The van der Waals surface area contributed by atoms with E-state index in [0.717, 1.165) is 54.3 Å². The van der Waals surface area contributed by atoms with Crippen molar-refractivity contribution in [2.75, 3.05) is 27.8 Å². The van der Waals surface area contributed by atoms with Gasteiger partial charge in [0.05, 0.1) is 25.3 Å². The molecule has 1 N–H and O–H groups in total. The summed E-state index contributed by atoms with van der Waals surface area (Å²) in [6.07, 6.45) is 3.23. The molecule has 116 valence electrons. The van der Waals surface area contributed by atoms with E-state index in [1.807, 2.05) is 19.2 Å². The number of nitrogens with one attached hydrogen (secondary N) is 1. The summed E-state index contributed by atoms with van der Waals surface area (Å²) >= 11 is 0. The average Bonchev–Trinajstić information content (AvgIpc) is 2.85. The lowest BCUT2D eigenvalue weighted by atomic mass is 10.2. The van der Waals surface area contributed by atoms with Crippen LogP contribution < -0.4 is 14.8 Å². The number of ether oxygens (including phenoxy) is 2. The Labute approximate surface area is 126 Å². The van der Waals surface area contributed by atoms with Gasteiger partial charge in [0.15, 0.2) is 11.5 Å². The van der Waals surface area contributed by atoms with Crippen molar-refractivity contribution in [3.8, 4) is 11.5 Å². The molecular formula is C16H25N3O2. The number of nitrogens with zero attached hydrogens (tertiary/aromatic N) is 2. The summed E-state index contributed by atoms with van der Waals surface area (Å²) in [5.41, 5.74) is 2.09. The van der Waals surface area contributed by atoms with E-state index in [0.29, 0.717) is 0 Å². The molecule has 0 radical (unpaired) electrons. The Morgan fingerprint density at radius 2 is 1.90 bits per heavy atom. The van der Waals surface area contributed by atoms with Crippen LogP contribution in [0.25, 0.3) is 11.0 Å². The van der Waals surface area contributed by atoms with Gasteiger partial charge < -0.3 is 19.4 Å². The number of imidazole rings is 1. The van der Waals surface area contributed by atoms with Gasteiger partial charge in [-0.2, -0.15) is 0 Å². The van der Waals surface area contributed by atoms with Crippen molar-refractivity contribution in [2.24, 2.45) is 0 Å². The molecule has 0 bridgehead atoms. The van der Waals surface area contributed by atoms with E-state index >= 15 is 0 Å². The first-order valence-electron chi connectivity index (χ1n) is 7.50. The largest absolute Gasteiger partial charge is 0.493 e. The minimum Gasteiger partial charge on any atom is -0.493 e. The highest BCUT2D eigenvalue weighted by molar-refractivity contribution is 5.80. The molecule has 2 aromatic rings. The molecule has 1 aromatic carbocycles. The maximum Gasteiger partial charge on any atom is 0.163 e. The molecule has 0 unspecified atom stereocenters. The van der Waals surface area contributed by atoms with E-state index in [9.17, 15) is 0 Å². The molecule has 0 aliphatic carbocycles. The summed E-state index contributed by atoms with van der Waals surface area (Å²) in [6, 6.07) is 3.99. The Morgan fingerprint density at radius 1 is 1.19 bits per heavy atom. The molecule has 1 aromatic heterocycles. The third-order valence-corrected chi connectivity index (χ3v) is 3.67. The number of fused-ring (bicyclic) bond motifs is 1. The molecule has 5 nitrogen and oxygen atoms in total. The lowest BCUT2D eigenvalue weighted by molar-refractivity contribution is 0.355. The highest BCUT2D eigenvalue weighted by Gasteiger charge is 2.14. The minimum atomic E-state index is 0.727. The summed E-state index contributed by atoms with van der Waals surface area (Å²) in [4.78, 5) is 4.77. The average molecular weight is 291 g/mol. The van der Waals surface area contributed by atoms with Gasteiger partial charge in [0.25, 0.3) is 0 Å². The lowest BCUT2D eigenvalue weighted by Crippen LogP contribution is -2.14. The molecule has 0 aliphatic heterocycles. The summed E-state index contributed by atoms with van der Waals surface area (Å²) in [5, 5.41) is 3.19. The fraction of sp³-hybridized carbons (Fsp3) is 0.562. The first-order chi connectivity index (χ1) is 10.2.